The maximum absolute atomic E-state index is 5.73. The van der Waals surface area contributed by atoms with Crippen molar-refractivity contribution in [3.8, 4) is 0 Å². The summed E-state index contributed by atoms with van der Waals surface area (Å²) in [5.74, 6) is 0.613. The minimum absolute atomic E-state index is 0.207. The third-order valence-corrected chi connectivity index (χ3v) is 2.53. The van der Waals surface area contributed by atoms with Crippen LogP contribution in [0.2, 0.25) is 5.28 Å². The van der Waals surface area contributed by atoms with Crippen LogP contribution in [0.1, 0.15) is 12.8 Å². The van der Waals surface area contributed by atoms with E-state index in [1.165, 1.54) is 6.20 Å². The maximum atomic E-state index is 5.73. The quantitative estimate of drug-likeness (QED) is 0.586. The molecule has 0 amide bonds. The van der Waals surface area contributed by atoms with Gasteiger partial charge in [0.25, 0.3) is 0 Å². The molecule has 15 heavy (non-hydrogen) atoms. The lowest BCUT2D eigenvalue weighted by Gasteiger charge is -2.24. The molecule has 4 nitrogen and oxygen atoms in total. The van der Waals surface area contributed by atoms with Gasteiger partial charge in [0.15, 0.2) is 0 Å². The smallest absolute Gasteiger partial charge is 0.224 e. The first-order valence-electron chi connectivity index (χ1n) is 4.88. The second-order valence-corrected chi connectivity index (χ2v) is 3.81. The highest BCUT2D eigenvalue weighted by atomic mass is 35.5. The number of nitrogens with zero attached hydrogens (tertiary/aromatic N) is 2. The van der Waals surface area contributed by atoms with E-state index in [9.17, 15) is 0 Å². The number of ether oxygens (including phenoxy) is 1. The molecule has 1 fully saturated rings. The average Bonchev–Trinajstić information content (AvgIpc) is 2.25. The predicted molar refractivity (Wildman–Crippen MR) is 59.9 cm³/mol. The largest absolute Gasteiger partial charge is 0.381 e. The zero-order valence-electron chi connectivity index (χ0n) is 8.24. The number of halogens is 1. The second-order valence-electron chi connectivity index (χ2n) is 3.47. The third-order valence-electron chi connectivity index (χ3n) is 2.35. The van der Waals surface area contributed by atoms with E-state index < -0.39 is 0 Å². The van der Waals surface area contributed by atoms with Crippen molar-refractivity contribution in [2.75, 3.05) is 18.5 Å². The molecule has 6 heteroatoms. The van der Waals surface area contributed by atoms with Crippen LogP contribution in [0.25, 0.3) is 0 Å². The summed E-state index contributed by atoms with van der Waals surface area (Å²) in [5, 5.41) is 3.46. The third kappa shape index (κ3) is 2.82. The molecule has 1 N–H and O–H groups in total. The van der Waals surface area contributed by atoms with Gasteiger partial charge in [-0.05, 0) is 29.9 Å². The van der Waals surface area contributed by atoms with Crippen molar-refractivity contribution in [3.05, 3.63) is 11.5 Å². The van der Waals surface area contributed by atoms with Gasteiger partial charge in [-0.25, -0.2) is 9.97 Å². The molecule has 1 aromatic rings. The Kier molecular flexibility index (Phi) is 3.43. The van der Waals surface area contributed by atoms with Gasteiger partial charge in [-0.15, -0.1) is 0 Å². The predicted octanol–water partition coefficient (Wildman–Crippen LogP) is 0.515. The summed E-state index contributed by atoms with van der Waals surface area (Å²) >= 11 is 5.69. The maximum Gasteiger partial charge on any atom is 0.224 e. The molecule has 0 bridgehead atoms. The summed E-state index contributed by atoms with van der Waals surface area (Å²) in [6, 6.07) is 0.354. The van der Waals surface area contributed by atoms with Crippen LogP contribution in [-0.2, 0) is 4.74 Å². The Morgan fingerprint density at radius 2 is 2.20 bits per heavy atom. The first-order chi connectivity index (χ1) is 7.25. The van der Waals surface area contributed by atoms with E-state index in [2.05, 4.69) is 15.3 Å². The highest BCUT2D eigenvalue weighted by Crippen LogP contribution is 2.12. The molecule has 0 aromatic carbocycles. The van der Waals surface area contributed by atoms with E-state index in [0.29, 0.717) is 17.3 Å². The first-order valence-corrected chi connectivity index (χ1v) is 5.26. The van der Waals surface area contributed by atoms with Gasteiger partial charge in [-0.2, -0.15) is 0 Å². The lowest BCUT2D eigenvalue weighted by molar-refractivity contribution is 0.0904. The van der Waals surface area contributed by atoms with Crippen LogP contribution < -0.4 is 10.8 Å². The van der Waals surface area contributed by atoms with Crippen LogP contribution in [0.15, 0.2) is 6.20 Å². The number of anilines is 1. The van der Waals surface area contributed by atoms with E-state index in [1.807, 2.05) is 0 Å². The fourth-order valence-electron chi connectivity index (χ4n) is 1.52. The molecule has 1 saturated heterocycles. The molecular formula is C9H11BClN3O. The molecular weight excluding hydrogens is 212 g/mol. The number of nitrogens with one attached hydrogen (secondary N) is 1. The average molecular weight is 223 g/mol. The Morgan fingerprint density at radius 1 is 1.47 bits per heavy atom. The van der Waals surface area contributed by atoms with Crippen molar-refractivity contribution in [2.45, 2.75) is 18.9 Å². The van der Waals surface area contributed by atoms with Crippen LogP contribution in [0.3, 0.4) is 0 Å². The summed E-state index contributed by atoms with van der Waals surface area (Å²) in [6.07, 6.45) is 3.43. The normalized spacial score (nSPS) is 17.7. The summed E-state index contributed by atoms with van der Waals surface area (Å²) in [6.45, 7) is 1.55. The second kappa shape index (κ2) is 4.81. The standard InChI is InChI=1S/C9H11BClN3O/c10-7-5-12-9(11)14-8(7)13-6-1-3-15-4-2-6/h5-6H,1-4H2,(H,12,13,14). The lowest BCUT2D eigenvalue weighted by Crippen LogP contribution is -2.30. The van der Waals surface area contributed by atoms with Crippen molar-refractivity contribution in [1.82, 2.24) is 9.97 Å². The summed E-state index contributed by atoms with van der Waals surface area (Å²) in [4.78, 5) is 7.84. The monoisotopic (exact) mass is 223 g/mol. The summed E-state index contributed by atoms with van der Waals surface area (Å²) in [5.41, 5.74) is 0.519. The highest BCUT2D eigenvalue weighted by Gasteiger charge is 2.14. The zero-order chi connectivity index (χ0) is 10.7. The van der Waals surface area contributed by atoms with Gasteiger partial charge in [-0.3, -0.25) is 0 Å². The molecule has 0 aliphatic carbocycles. The topological polar surface area (TPSA) is 47.0 Å². The molecule has 0 spiro atoms. The lowest BCUT2D eigenvalue weighted by atomic mass is 9.98. The molecule has 0 atom stereocenters. The fourth-order valence-corrected chi connectivity index (χ4v) is 1.65. The summed E-state index contributed by atoms with van der Waals surface area (Å²) < 4.78 is 5.26. The molecule has 1 aromatic heterocycles. The van der Waals surface area contributed by atoms with E-state index in [1.54, 1.807) is 0 Å². The molecule has 2 rings (SSSR count). The Labute approximate surface area is 94.8 Å². The van der Waals surface area contributed by atoms with E-state index >= 15 is 0 Å². The number of aromatic nitrogens is 2. The first kappa shape index (κ1) is 10.7. The van der Waals surface area contributed by atoms with Crippen molar-refractivity contribution in [1.29, 1.82) is 0 Å². The minimum Gasteiger partial charge on any atom is -0.381 e. The Morgan fingerprint density at radius 3 is 2.93 bits per heavy atom. The summed E-state index contributed by atoms with van der Waals surface area (Å²) in [7, 11) is 5.73. The van der Waals surface area contributed by atoms with Gasteiger partial charge >= 0.3 is 0 Å². The molecule has 78 valence electrons. The zero-order valence-corrected chi connectivity index (χ0v) is 9.00. The number of rotatable bonds is 2. The molecule has 0 unspecified atom stereocenters. The van der Waals surface area contributed by atoms with Crippen molar-refractivity contribution in [2.24, 2.45) is 0 Å². The van der Waals surface area contributed by atoms with Crippen LogP contribution in [0.5, 0.6) is 0 Å². The van der Waals surface area contributed by atoms with Gasteiger partial charge in [-0.1, -0.05) is 0 Å². The van der Waals surface area contributed by atoms with Gasteiger partial charge < -0.3 is 10.1 Å². The number of hydrogen-bond donors (Lipinski definition) is 1. The van der Waals surface area contributed by atoms with Crippen LogP contribution in [-0.4, -0.2) is 37.1 Å². The molecule has 1 aliphatic heterocycles. The van der Waals surface area contributed by atoms with Crippen LogP contribution in [0, 0.1) is 0 Å². The molecule has 0 saturated carbocycles. The van der Waals surface area contributed by atoms with Gasteiger partial charge in [0.05, 0.1) is 0 Å². The Hall–Kier alpha value is -0.805. The van der Waals surface area contributed by atoms with Gasteiger partial charge in [0.1, 0.15) is 13.7 Å². The molecule has 2 heterocycles. The van der Waals surface area contributed by atoms with Crippen LogP contribution >= 0.6 is 11.6 Å². The SMILES string of the molecule is [B]c1cnc(Cl)nc1NC1CCOCC1. The molecule has 2 radical (unpaired) electrons. The molecule has 1 aliphatic rings. The fraction of sp³-hybridized carbons (Fsp3) is 0.556. The number of hydrogen-bond acceptors (Lipinski definition) is 4. The highest BCUT2D eigenvalue weighted by molar-refractivity contribution is 6.35. The van der Waals surface area contributed by atoms with Crippen LogP contribution in [0.4, 0.5) is 5.82 Å². The van der Waals surface area contributed by atoms with Crippen molar-refractivity contribution in [3.63, 3.8) is 0 Å². The minimum atomic E-state index is 0.207. The van der Waals surface area contributed by atoms with Crippen molar-refractivity contribution >= 4 is 30.7 Å². The van der Waals surface area contributed by atoms with Crippen molar-refractivity contribution < 1.29 is 4.74 Å². The van der Waals surface area contributed by atoms with Gasteiger partial charge in [0.2, 0.25) is 5.28 Å². The Bertz CT molecular complexity index is 344. The van der Waals surface area contributed by atoms with Gasteiger partial charge in [0, 0.05) is 25.5 Å². The van der Waals surface area contributed by atoms with E-state index in [0.717, 1.165) is 26.1 Å². The van der Waals surface area contributed by atoms with E-state index in [-0.39, 0.29) is 5.28 Å². The van der Waals surface area contributed by atoms with E-state index in [4.69, 9.17) is 24.2 Å². The Balaban J connectivity index is 2.05.